The second kappa shape index (κ2) is 4.92. The highest BCUT2D eigenvalue weighted by Gasteiger charge is 2.33. The van der Waals surface area contributed by atoms with Crippen LogP contribution in [0.2, 0.25) is 0 Å². The van der Waals surface area contributed by atoms with E-state index in [0.717, 1.165) is 12.8 Å². The van der Waals surface area contributed by atoms with Crippen molar-refractivity contribution in [2.24, 2.45) is 5.73 Å². The summed E-state index contributed by atoms with van der Waals surface area (Å²) in [5.41, 5.74) is 4.65. The van der Waals surface area contributed by atoms with Crippen LogP contribution in [-0.4, -0.2) is 54.4 Å². The Morgan fingerprint density at radius 2 is 2.40 bits per heavy atom. The molecule has 0 aromatic heterocycles. The van der Waals surface area contributed by atoms with E-state index in [1.807, 2.05) is 0 Å². The highest BCUT2D eigenvalue weighted by Crippen LogP contribution is 2.20. The molecular formula is C10H20N2O3. The summed E-state index contributed by atoms with van der Waals surface area (Å²) >= 11 is 0. The molecule has 0 spiro atoms. The summed E-state index contributed by atoms with van der Waals surface area (Å²) in [6.07, 6.45) is 0.968. The lowest BCUT2D eigenvalue weighted by Gasteiger charge is -2.38. The Balaban J connectivity index is 2.59. The fraction of sp³-hybridized carbons (Fsp3) is 0.900. The number of aliphatic hydroxyl groups is 1. The fourth-order valence-electron chi connectivity index (χ4n) is 1.91. The molecule has 0 aromatic rings. The highest BCUT2D eigenvalue weighted by molar-refractivity contribution is 5.81. The van der Waals surface area contributed by atoms with Crippen molar-refractivity contribution in [3.05, 3.63) is 0 Å². The van der Waals surface area contributed by atoms with Gasteiger partial charge < -0.3 is 20.5 Å². The lowest BCUT2D eigenvalue weighted by molar-refractivity contribution is -0.147. The predicted octanol–water partition coefficient (Wildman–Crippen LogP) is -0.666. The number of β-amino-alcohol motifs (C(OH)–C–C–N with tert-alkyl or cyclic N) is 1. The molecule has 1 fully saturated rings. The zero-order chi connectivity index (χ0) is 11.5. The van der Waals surface area contributed by atoms with Gasteiger partial charge in [-0.15, -0.1) is 0 Å². The first-order valence-electron chi connectivity index (χ1n) is 5.24. The number of carbonyl (C=O) groups is 1. The van der Waals surface area contributed by atoms with E-state index >= 15 is 0 Å². The second-order valence-corrected chi connectivity index (χ2v) is 4.32. The average molecular weight is 216 g/mol. The number of hydrogen-bond donors (Lipinski definition) is 2. The van der Waals surface area contributed by atoms with E-state index in [1.54, 1.807) is 11.8 Å². The molecule has 3 N–H and O–H groups in total. The summed E-state index contributed by atoms with van der Waals surface area (Å²) in [5.74, 6) is -0.125. The molecule has 1 aliphatic heterocycles. The van der Waals surface area contributed by atoms with Gasteiger partial charge in [-0.05, 0) is 19.8 Å². The fourth-order valence-corrected chi connectivity index (χ4v) is 1.91. The number of nitrogens with zero attached hydrogens (tertiary/aromatic N) is 1. The monoisotopic (exact) mass is 216 g/mol. The van der Waals surface area contributed by atoms with Crippen LogP contribution in [0.4, 0.5) is 0 Å². The van der Waals surface area contributed by atoms with Crippen molar-refractivity contribution in [1.29, 1.82) is 0 Å². The van der Waals surface area contributed by atoms with Gasteiger partial charge in [-0.25, -0.2) is 0 Å². The molecule has 2 unspecified atom stereocenters. The van der Waals surface area contributed by atoms with Crippen LogP contribution < -0.4 is 5.73 Å². The quantitative estimate of drug-likeness (QED) is 0.656. The van der Waals surface area contributed by atoms with Gasteiger partial charge in [0, 0.05) is 26.7 Å². The maximum Gasteiger partial charge on any atom is 0.253 e. The summed E-state index contributed by atoms with van der Waals surface area (Å²) in [5, 5.41) is 9.85. The van der Waals surface area contributed by atoms with Crippen molar-refractivity contribution < 1.29 is 14.6 Å². The first-order valence-corrected chi connectivity index (χ1v) is 5.24. The molecule has 5 heteroatoms. The van der Waals surface area contributed by atoms with E-state index in [-0.39, 0.29) is 12.5 Å². The van der Waals surface area contributed by atoms with Gasteiger partial charge in [-0.1, -0.05) is 0 Å². The topological polar surface area (TPSA) is 75.8 Å². The van der Waals surface area contributed by atoms with Crippen molar-refractivity contribution in [3.8, 4) is 0 Å². The highest BCUT2D eigenvalue weighted by atomic mass is 16.5. The minimum atomic E-state index is -0.777. The molecule has 0 aliphatic carbocycles. The van der Waals surface area contributed by atoms with E-state index in [2.05, 4.69) is 0 Å². The van der Waals surface area contributed by atoms with Crippen LogP contribution in [0.15, 0.2) is 0 Å². The number of hydrogen-bond acceptors (Lipinski definition) is 4. The number of piperidine rings is 1. The molecule has 1 amide bonds. The molecule has 0 bridgehead atoms. The molecule has 0 saturated carbocycles. The molecule has 1 rings (SSSR count). The van der Waals surface area contributed by atoms with E-state index in [4.69, 9.17) is 10.5 Å². The van der Waals surface area contributed by atoms with Crippen molar-refractivity contribution in [2.75, 3.05) is 26.7 Å². The van der Waals surface area contributed by atoms with Crippen LogP contribution in [0.25, 0.3) is 0 Å². The summed E-state index contributed by atoms with van der Waals surface area (Å²) in [6, 6.07) is 0. The van der Waals surface area contributed by atoms with Crippen LogP contribution in [0.5, 0.6) is 0 Å². The second-order valence-electron chi connectivity index (χ2n) is 4.32. The number of rotatable bonds is 3. The van der Waals surface area contributed by atoms with E-state index in [1.165, 1.54) is 7.11 Å². The maximum absolute atomic E-state index is 11.9. The molecule has 15 heavy (non-hydrogen) atoms. The molecular weight excluding hydrogens is 196 g/mol. The predicted molar refractivity (Wildman–Crippen MR) is 56.3 cm³/mol. The van der Waals surface area contributed by atoms with Crippen molar-refractivity contribution in [1.82, 2.24) is 4.90 Å². The Kier molecular flexibility index (Phi) is 4.07. The lowest BCUT2D eigenvalue weighted by atomic mass is 9.95. The van der Waals surface area contributed by atoms with E-state index in [0.29, 0.717) is 13.1 Å². The average Bonchev–Trinajstić information content (AvgIpc) is 2.18. The number of nitrogens with two attached hydrogens (primary N) is 1. The third-order valence-electron chi connectivity index (χ3n) is 2.76. The molecule has 1 heterocycles. The molecule has 0 aromatic carbocycles. The Labute approximate surface area is 90.2 Å². The van der Waals surface area contributed by atoms with Crippen molar-refractivity contribution in [3.63, 3.8) is 0 Å². The van der Waals surface area contributed by atoms with Crippen LogP contribution in [-0.2, 0) is 9.53 Å². The maximum atomic E-state index is 11.9. The molecule has 2 atom stereocenters. The van der Waals surface area contributed by atoms with Crippen molar-refractivity contribution >= 4 is 5.91 Å². The summed E-state index contributed by atoms with van der Waals surface area (Å²) < 4.78 is 4.98. The van der Waals surface area contributed by atoms with E-state index < -0.39 is 11.7 Å². The Morgan fingerprint density at radius 3 is 2.87 bits per heavy atom. The zero-order valence-corrected chi connectivity index (χ0v) is 9.40. The Morgan fingerprint density at radius 1 is 1.73 bits per heavy atom. The number of likely N-dealkylation sites (tertiary alicyclic amines) is 1. The minimum Gasteiger partial charge on any atom is -0.388 e. The molecule has 5 nitrogen and oxygen atoms in total. The standard InChI is InChI=1S/C10H20N2O3/c1-10(14)4-3-5-12(7-10)9(13)8(6-11)15-2/h8,14H,3-7,11H2,1-2H3. The zero-order valence-electron chi connectivity index (χ0n) is 9.40. The summed E-state index contributed by atoms with van der Waals surface area (Å²) in [6.45, 7) is 2.96. The smallest absolute Gasteiger partial charge is 0.253 e. The molecule has 1 aliphatic rings. The van der Waals surface area contributed by atoms with Crippen LogP contribution >= 0.6 is 0 Å². The Bertz CT molecular complexity index is 227. The lowest BCUT2D eigenvalue weighted by Crippen LogP contribution is -2.53. The van der Waals surface area contributed by atoms with Gasteiger partial charge in [0.1, 0.15) is 6.10 Å². The van der Waals surface area contributed by atoms with Gasteiger partial charge in [0.2, 0.25) is 0 Å². The van der Waals surface area contributed by atoms with Gasteiger partial charge in [-0.2, -0.15) is 0 Å². The third-order valence-corrected chi connectivity index (χ3v) is 2.76. The largest absolute Gasteiger partial charge is 0.388 e. The van der Waals surface area contributed by atoms with Gasteiger partial charge in [0.15, 0.2) is 0 Å². The van der Waals surface area contributed by atoms with Crippen LogP contribution in [0.3, 0.4) is 0 Å². The summed E-state index contributed by atoms with van der Waals surface area (Å²) in [7, 11) is 1.47. The SMILES string of the molecule is COC(CN)C(=O)N1CCCC(C)(O)C1. The number of carbonyl (C=O) groups excluding carboxylic acids is 1. The minimum absolute atomic E-state index is 0.125. The van der Waals surface area contributed by atoms with Crippen LogP contribution in [0.1, 0.15) is 19.8 Å². The van der Waals surface area contributed by atoms with E-state index in [9.17, 15) is 9.90 Å². The number of methoxy groups -OCH3 is 1. The molecule has 0 radical (unpaired) electrons. The molecule has 88 valence electrons. The van der Waals surface area contributed by atoms with Gasteiger partial charge in [-0.3, -0.25) is 4.79 Å². The third kappa shape index (κ3) is 3.15. The number of ether oxygens (including phenoxy) is 1. The molecule has 1 saturated heterocycles. The van der Waals surface area contributed by atoms with Crippen molar-refractivity contribution in [2.45, 2.75) is 31.5 Å². The van der Waals surface area contributed by atoms with Crippen LogP contribution in [0, 0.1) is 0 Å². The van der Waals surface area contributed by atoms with Gasteiger partial charge in [0.05, 0.1) is 5.60 Å². The Hall–Kier alpha value is -0.650. The first kappa shape index (κ1) is 12.4. The van der Waals surface area contributed by atoms with Gasteiger partial charge in [0.25, 0.3) is 5.91 Å². The number of amides is 1. The summed E-state index contributed by atoms with van der Waals surface area (Å²) in [4.78, 5) is 13.5. The normalized spacial score (nSPS) is 28.9. The van der Waals surface area contributed by atoms with Gasteiger partial charge >= 0.3 is 0 Å². The first-order chi connectivity index (χ1) is 7.00.